The van der Waals surface area contributed by atoms with E-state index in [1.165, 1.54) is 10.8 Å². The van der Waals surface area contributed by atoms with Crippen LogP contribution in [0.25, 0.3) is 11.1 Å². The first-order chi connectivity index (χ1) is 19.2. The van der Waals surface area contributed by atoms with Crippen molar-refractivity contribution >= 4 is 29.3 Å². The zero-order chi connectivity index (χ0) is 28.8. The van der Waals surface area contributed by atoms with Crippen molar-refractivity contribution in [2.75, 3.05) is 12.4 Å². The highest BCUT2D eigenvalue weighted by atomic mass is 35.5. The number of pyridine rings is 1. The van der Waals surface area contributed by atoms with E-state index in [2.05, 4.69) is 10.6 Å². The number of nitrogens with one attached hydrogen (secondary N) is 2. The summed E-state index contributed by atoms with van der Waals surface area (Å²) in [5.74, 6) is -0.875. The Bertz CT molecular complexity index is 1620. The molecule has 0 aliphatic rings. The number of aromatic nitrogens is 1. The second-order valence-electron chi connectivity index (χ2n) is 9.13. The maximum Gasteiger partial charge on any atom is 0.319 e. The van der Waals surface area contributed by atoms with E-state index in [4.69, 9.17) is 16.3 Å². The number of nitrogens with zero attached hydrogens (tertiary/aromatic N) is 1. The molecule has 3 aromatic carbocycles. The van der Waals surface area contributed by atoms with Gasteiger partial charge in [-0.1, -0.05) is 66.2 Å². The number of methoxy groups -OCH3 is 1. The third-order valence-electron chi connectivity index (χ3n) is 6.36. The number of urea groups is 1. The number of hydrogen-bond acceptors (Lipinski definition) is 5. The van der Waals surface area contributed by atoms with E-state index in [0.29, 0.717) is 27.5 Å². The van der Waals surface area contributed by atoms with Gasteiger partial charge in [-0.3, -0.25) is 9.59 Å². The highest BCUT2D eigenvalue weighted by molar-refractivity contribution is 6.31. The lowest BCUT2D eigenvalue weighted by Gasteiger charge is -2.20. The lowest BCUT2D eigenvalue weighted by molar-refractivity contribution is -0.137. The molecule has 0 unspecified atom stereocenters. The molecule has 0 radical (unpaired) electrons. The summed E-state index contributed by atoms with van der Waals surface area (Å²) in [5, 5.41) is 25.7. The van der Waals surface area contributed by atoms with Crippen LogP contribution < -0.4 is 20.9 Å². The number of anilines is 1. The second kappa shape index (κ2) is 12.4. The number of rotatable bonds is 9. The van der Waals surface area contributed by atoms with Crippen molar-refractivity contribution in [3.8, 4) is 22.6 Å². The third-order valence-corrected chi connectivity index (χ3v) is 6.73. The van der Waals surface area contributed by atoms with Crippen LogP contribution >= 0.6 is 11.6 Å². The number of aliphatic carboxylic acids is 1. The highest BCUT2D eigenvalue weighted by Gasteiger charge is 2.22. The van der Waals surface area contributed by atoms with Gasteiger partial charge in [-0.2, -0.15) is 0 Å². The fraction of sp³-hybridized carbons (Fsp3) is 0.167. The van der Waals surface area contributed by atoms with Crippen LogP contribution in [-0.4, -0.2) is 33.9 Å². The Hall–Kier alpha value is -4.76. The number of carboxylic acid groups (broad SMARTS) is 1. The lowest BCUT2D eigenvalue weighted by atomic mass is 9.97. The molecule has 206 valence electrons. The summed E-state index contributed by atoms with van der Waals surface area (Å²) in [5.41, 5.74) is 2.16. The number of ether oxygens (including phenoxy) is 1. The van der Waals surface area contributed by atoms with Gasteiger partial charge in [-0.25, -0.2) is 4.79 Å². The summed E-state index contributed by atoms with van der Waals surface area (Å²) < 4.78 is 6.78. The number of aromatic hydroxyl groups is 1. The van der Waals surface area contributed by atoms with Crippen LogP contribution in [0.15, 0.2) is 83.8 Å². The van der Waals surface area contributed by atoms with Gasteiger partial charge in [0.2, 0.25) is 0 Å². The molecule has 0 fully saturated rings. The molecule has 0 bridgehead atoms. The third kappa shape index (κ3) is 6.44. The first-order valence-electron chi connectivity index (χ1n) is 12.4. The molecule has 4 rings (SSSR count). The maximum atomic E-state index is 13.2. The molecule has 0 aliphatic carbocycles. The predicted octanol–water partition coefficient (Wildman–Crippen LogP) is 5.58. The molecule has 0 spiro atoms. The molecule has 0 saturated carbocycles. The molecular weight excluding hydrogens is 534 g/mol. The smallest absolute Gasteiger partial charge is 0.319 e. The van der Waals surface area contributed by atoms with Crippen molar-refractivity contribution in [1.29, 1.82) is 0 Å². The minimum Gasteiger partial charge on any atom is -0.505 e. The van der Waals surface area contributed by atoms with E-state index in [1.54, 1.807) is 56.5 Å². The molecule has 1 atom stereocenters. The van der Waals surface area contributed by atoms with Crippen molar-refractivity contribution in [2.24, 2.45) is 0 Å². The maximum absolute atomic E-state index is 13.2. The largest absolute Gasteiger partial charge is 0.505 e. The number of carbonyl (C=O) groups excluding carboxylic acids is 1. The molecule has 1 heterocycles. The zero-order valence-corrected chi connectivity index (χ0v) is 22.6. The predicted molar refractivity (Wildman–Crippen MR) is 153 cm³/mol. The molecule has 1 aromatic heterocycles. The first kappa shape index (κ1) is 28.3. The van der Waals surface area contributed by atoms with Crippen molar-refractivity contribution in [3.63, 3.8) is 0 Å². The van der Waals surface area contributed by atoms with Crippen LogP contribution in [0.3, 0.4) is 0 Å². The molecule has 40 heavy (non-hydrogen) atoms. The molecule has 10 heteroatoms. The van der Waals surface area contributed by atoms with Gasteiger partial charge in [-0.05, 0) is 41.8 Å². The van der Waals surface area contributed by atoms with Crippen LogP contribution in [0.1, 0.15) is 29.2 Å². The van der Waals surface area contributed by atoms with Crippen LogP contribution in [-0.2, 0) is 11.3 Å². The zero-order valence-electron chi connectivity index (χ0n) is 21.8. The molecule has 2 amide bonds. The van der Waals surface area contributed by atoms with Gasteiger partial charge < -0.3 is 30.2 Å². The summed E-state index contributed by atoms with van der Waals surface area (Å²) in [6.07, 6.45) is 1.06. The van der Waals surface area contributed by atoms with Crippen LogP contribution in [0.4, 0.5) is 10.5 Å². The van der Waals surface area contributed by atoms with Crippen molar-refractivity contribution in [1.82, 2.24) is 9.88 Å². The standard InChI is InChI=1S/C30H28ClN3O6/c1-18-16-34(17-21-8-3-5-12-23(21)31)29(38)27(28(18)37)33-30(39)32-24(15-26(35)36)20-10-7-9-19(14-20)22-11-4-6-13-25(22)40-2/h3-14,16,24,37H,15,17H2,1-2H3,(H,35,36)(H2,32,33,39)/t24-/m0/s1. The van der Waals surface area contributed by atoms with Gasteiger partial charge in [0, 0.05) is 22.3 Å². The van der Waals surface area contributed by atoms with Crippen molar-refractivity contribution in [3.05, 3.63) is 111 Å². The Morgan fingerprint density at radius 2 is 1.77 bits per heavy atom. The SMILES string of the molecule is COc1ccccc1-c1cccc([C@H](CC(=O)O)NC(=O)Nc2c(O)c(C)cn(Cc3ccccc3Cl)c2=O)c1. The Labute approximate surface area is 235 Å². The van der Waals surface area contributed by atoms with Gasteiger partial charge >= 0.3 is 12.0 Å². The molecule has 4 N–H and O–H groups in total. The summed E-state index contributed by atoms with van der Waals surface area (Å²) in [6.45, 7) is 1.71. The van der Waals surface area contributed by atoms with Gasteiger partial charge in [-0.15, -0.1) is 0 Å². The van der Waals surface area contributed by atoms with E-state index < -0.39 is 30.0 Å². The second-order valence-corrected chi connectivity index (χ2v) is 9.54. The van der Waals surface area contributed by atoms with Gasteiger partial charge in [0.15, 0.2) is 5.69 Å². The minimum absolute atomic E-state index is 0.118. The van der Waals surface area contributed by atoms with Crippen LogP contribution in [0.5, 0.6) is 11.5 Å². The fourth-order valence-electron chi connectivity index (χ4n) is 4.38. The molecule has 9 nitrogen and oxygen atoms in total. The number of hydrogen-bond donors (Lipinski definition) is 4. The summed E-state index contributed by atoms with van der Waals surface area (Å²) in [4.78, 5) is 37.9. The Kier molecular flexibility index (Phi) is 8.76. The fourth-order valence-corrected chi connectivity index (χ4v) is 4.57. The van der Waals surface area contributed by atoms with Crippen LogP contribution in [0, 0.1) is 6.92 Å². The van der Waals surface area contributed by atoms with E-state index in [0.717, 1.165) is 11.1 Å². The van der Waals surface area contributed by atoms with E-state index >= 15 is 0 Å². The monoisotopic (exact) mass is 561 g/mol. The average Bonchev–Trinajstić information content (AvgIpc) is 2.94. The number of para-hydroxylation sites is 1. The topological polar surface area (TPSA) is 130 Å². The number of amides is 2. The quantitative estimate of drug-likeness (QED) is 0.211. The van der Waals surface area contributed by atoms with E-state index in [-0.39, 0.29) is 18.0 Å². The van der Waals surface area contributed by atoms with Crippen molar-refractivity contribution in [2.45, 2.75) is 25.9 Å². The average molecular weight is 562 g/mol. The molecular formula is C30H28ClN3O6. The minimum atomic E-state index is -1.13. The molecule has 0 aliphatic heterocycles. The van der Waals surface area contributed by atoms with Gasteiger partial charge in [0.1, 0.15) is 11.5 Å². The highest BCUT2D eigenvalue weighted by Crippen LogP contribution is 2.32. The van der Waals surface area contributed by atoms with E-state index in [1.807, 2.05) is 30.3 Å². The lowest BCUT2D eigenvalue weighted by Crippen LogP contribution is -2.36. The van der Waals surface area contributed by atoms with E-state index in [9.17, 15) is 24.6 Å². The number of halogens is 1. The van der Waals surface area contributed by atoms with Gasteiger partial charge in [0.25, 0.3) is 5.56 Å². The summed E-state index contributed by atoms with van der Waals surface area (Å²) in [7, 11) is 1.56. The van der Waals surface area contributed by atoms with Crippen molar-refractivity contribution < 1.29 is 24.5 Å². The number of benzene rings is 3. The summed E-state index contributed by atoms with van der Waals surface area (Å²) in [6, 6.07) is 19.7. The Morgan fingerprint density at radius 3 is 2.50 bits per heavy atom. The summed E-state index contributed by atoms with van der Waals surface area (Å²) >= 11 is 6.25. The van der Waals surface area contributed by atoms with Gasteiger partial charge in [0.05, 0.1) is 26.1 Å². The molecule has 4 aromatic rings. The Morgan fingerprint density at radius 1 is 1.05 bits per heavy atom. The number of carbonyl (C=O) groups is 2. The molecule has 0 saturated heterocycles. The Balaban J connectivity index is 1.61. The normalized spacial score (nSPS) is 11.5. The number of carboxylic acids is 1. The van der Waals surface area contributed by atoms with Crippen LogP contribution in [0.2, 0.25) is 5.02 Å². The number of aryl methyl sites for hydroxylation is 1. The first-order valence-corrected chi connectivity index (χ1v) is 12.7.